The molecule has 0 amide bonds. The van der Waals surface area contributed by atoms with Crippen LogP contribution in [-0.4, -0.2) is 19.2 Å². The Morgan fingerprint density at radius 3 is 2.56 bits per heavy atom. The van der Waals surface area contributed by atoms with E-state index in [-0.39, 0.29) is 5.97 Å². The molecule has 94 valence electrons. The summed E-state index contributed by atoms with van der Waals surface area (Å²) in [5.41, 5.74) is 0. The summed E-state index contributed by atoms with van der Waals surface area (Å²) in [6.45, 7) is 1.66. The number of hydrogen-bond donors (Lipinski definition) is 0. The number of halogens is 1. The van der Waals surface area contributed by atoms with Crippen molar-refractivity contribution in [2.24, 2.45) is 0 Å². The highest BCUT2D eigenvalue weighted by Gasteiger charge is 2.14. The number of esters is 1. The second-order valence-electron chi connectivity index (χ2n) is 3.94. The number of methoxy groups -OCH3 is 1. The van der Waals surface area contributed by atoms with E-state index in [1.165, 1.54) is 7.11 Å². The molecule has 3 nitrogen and oxygen atoms in total. The van der Waals surface area contributed by atoms with E-state index < -0.39 is 6.10 Å². The van der Waals surface area contributed by atoms with Crippen LogP contribution in [0.25, 0.3) is 10.8 Å². The van der Waals surface area contributed by atoms with Crippen LogP contribution >= 0.6 is 15.9 Å². The normalized spacial score (nSPS) is 12.2. The van der Waals surface area contributed by atoms with E-state index in [9.17, 15) is 4.79 Å². The molecule has 0 saturated heterocycles. The molecule has 1 atom stereocenters. The first kappa shape index (κ1) is 12.9. The number of carbonyl (C=O) groups is 1. The van der Waals surface area contributed by atoms with Gasteiger partial charge in [0.1, 0.15) is 5.75 Å². The van der Waals surface area contributed by atoms with Crippen molar-refractivity contribution in [3.05, 3.63) is 40.9 Å². The second kappa shape index (κ2) is 5.40. The molecular weight excluding hydrogens is 296 g/mol. The van der Waals surface area contributed by atoms with Crippen molar-refractivity contribution in [1.29, 1.82) is 0 Å². The van der Waals surface area contributed by atoms with E-state index in [1.807, 2.05) is 36.4 Å². The topological polar surface area (TPSA) is 35.5 Å². The fourth-order valence-electron chi connectivity index (χ4n) is 1.69. The number of hydrogen-bond acceptors (Lipinski definition) is 3. The van der Waals surface area contributed by atoms with Crippen LogP contribution in [0, 0.1) is 0 Å². The molecule has 0 bridgehead atoms. The maximum atomic E-state index is 11.3. The molecule has 2 aromatic rings. The maximum Gasteiger partial charge on any atom is 0.346 e. The predicted molar refractivity (Wildman–Crippen MR) is 73.8 cm³/mol. The molecule has 0 aromatic heterocycles. The summed E-state index contributed by atoms with van der Waals surface area (Å²) in [6, 6.07) is 11.7. The van der Waals surface area contributed by atoms with E-state index in [4.69, 9.17) is 4.74 Å². The molecule has 0 aliphatic heterocycles. The van der Waals surface area contributed by atoms with Gasteiger partial charge in [-0.1, -0.05) is 28.1 Å². The van der Waals surface area contributed by atoms with Gasteiger partial charge in [0.25, 0.3) is 0 Å². The first-order valence-corrected chi connectivity index (χ1v) is 6.33. The smallest absolute Gasteiger partial charge is 0.346 e. The lowest BCUT2D eigenvalue weighted by molar-refractivity contribution is -0.147. The highest BCUT2D eigenvalue weighted by molar-refractivity contribution is 9.10. The van der Waals surface area contributed by atoms with Crippen molar-refractivity contribution in [1.82, 2.24) is 0 Å². The van der Waals surface area contributed by atoms with Gasteiger partial charge in [0.15, 0.2) is 6.10 Å². The molecule has 0 saturated carbocycles. The van der Waals surface area contributed by atoms with Crippen LogP contribution in [0.2, 0.25) is 0 Å². The van der Waals surface area contributed by atoms with Gasteiger partial charge >= 0.3 is 5.97 Å². The van der Waals surface area contributed by atoms with Gasteiger partial charge in [-0.2, -0.15) is 0 Å². The molecular formula is C14H13BrO3. The van der Waals surface area contributed by atoms with Gasteiger partial charge in [0.05, 0.1) is 7.11 Å². The molecule has 0 heterocycles. The van der Waals surface area contributed by atoms with Gasteiger partial charge in [0.2, 0.25) is 0 Å². The molecule has 18 heavy (non-hydrogen) atoms. The van der Waals surface area contributed by atoms with Gasteiger partial charge in [-0.05, 0) is 42.0 Å². The molecule has 0 N–H and O–H groups in total. The lowest BCUT2D eigenvalue weighted by Gasteiger charge is -2.12. The Balaban J connectivity index is 2.25. The second-order valence-corrected chi connectivity index (χ2v) is 4.85. The van der Waals surface area contributed by atoms with E-state index in [2.05, 4.69) is 20.7 Å². The third-order valence-corrected chi connectivity index (χ3v) is 3.11. The summed E-state index contributed by atoms with van der Waals surface area (Å²) < 4.78 is 11.2. The van der Waals surface area contributed by atoms with Crippen molar-refractivity contribution in [2.45, 2.75) is 13.0 Å². The average Bonchev–Trinajstić information content (AvgIpc) is 2.38. The zero-order valence-electron chi connectivity index (χ0n) is 10.1. The number of rotatable bonds is 3. The number of benzene rings is 2. The molecule has 0 unspecified atom stereocenters. The van der Waals surface area contributed by atoms with E-state index >= 15 is 0 Å². The fourth-order valence-corrected chi connectivity index (χ4v) is 2.06. The molecule has 2 aromatic carbocycles. The van der Waals surface area contributed by atoms with Crippen LogP contribution in [0.1, 0.15) is 6.92 Å². The Morgan fingerprint density at radius 2 is 1.83 bits per heavy atom. The number of carbonyl (C=O) groups excluding carboxylic acids is 1. The highest BCUT2D eigenvalue weighted by atomic mass is 79.9. The van der Waals surface area contributed by atoms with Gasteiger partial charge in [-0.15, -0.1) is 0 Å². The Labute approximate surface area is 114 Å². The Hall–Kier alpha value is -1.55. The van der Waals surface area contributed by atoms with Crippen LogP contribution in [0.5, 0.6) is 5.75 Å². The van der Waals surface area contributed by atoms with Crippen molar-refractivity contribution >= 4 is 32.7 Å². The first-order chi connectivity index (χ1) is 8.60. The Bertz CT molecular complexity index is 580. The van der Waals surface area contributed by atoms with Crippen LogP contribution in [0.15, 0.2) is 40.9 Å². The minimum absolute atomic E-state index is 0.383. The Morgan fingerprint density at radius 1 is 1.17 bits per heavy atom. The summed E-state index contributed by atoms with van der Waals surface area (Å²) >= 11 is 3.43. The summed E-state index contributed by atoms with van der Waals surface area (Å²) in [6.07, 6.45) is -0.608. The molecule has 0 spiro atoms. The lowest BCUT2D eigenvalue weighted by Crippen LogP contribution is -2.24. The number of ether oxygens (including phenoxy) is 2. The summed E-state index contributed by atoms with van der Waals surface area (Å²) in [4.78, 5) is 11.3. The molecule has 0 aliphatic carbocycles. The Kier molecular flexibility index (Phi) is 3.87. The van der Waals surface area contributed by atoms with Crippen molar-refractivity contribution in [3.63, 3.8) is 0 Å². The fraction of sp³-hybridized carbons (Fsp3) is 0.214. The van der Waals surface area contributed by atoms with Crippen LogP contribution < -0.4 is 4.74 Å². The average molecular weight is 309 g/mol. The maximum absolute atomic E-state index is 11.3. The summed E-state index contributed by atoms with van der Waals surface area (Å²) in [7, 11) is 1.35. The summed E-state index contributed by atoms with van der Waals surface area (Å²) in [5.74, 6) is 0.272. The zero-order valence-corrected chi connectivity index (χ0v) is 11.7. The van der Waals surface area contributed by atoms with E-state index in [0.717, 1.165) is 15.2 Å². The van der Waals surface area contributed by atoms with Gasteiger partial charge in [-0.3, -0.25) is 0 Å². The van der Waals surface area contributed by atoms with Crippen LogP contribution in [0.4, 0.5) is 0 Å². The molecule has 4 heteroatoms. The van der Waals surface area contributed by atoms with E-state index in [1.54, 1.807) is 6.92 Å². The molecule has 2 rings (SSSR count). The van der Waals surface area contributed by atoms with E-state index in [0.29, 0.717) is 5.75 Å². The van der Waals surface area contributed by atoms with Gasteiger partial charge < -0.3 is 9.47 Å². The van der Waals surface area contributed by atoms with Crippen LogP contribution in [-0.2, 0) is 9.53 Å². The van der Waals surface area contributed by atoms with Crippen molar-refractivity contribution in [3.8, 4) is 5.75 Å². The van der Waals surface area contributed by atoms with Crippen molar-refractivity contribution in [2.75, 3.05) is 7.11 Å². The zero-order chi connectivity index (χ0) is 13.1. The standard InChI is InChI=1S/C14H13BrO3/c1-9(14(16)17-2)18-13-6-4-10-7-12(15)5-3-11(10)8-13/h3-9H,1-2H3/t9-/m0/s1. The third-order valence-electron chi connectivity index (χ3n) is 2.62. The minimum Gasteiger partial charge on any atom is -0.479 e. The lowest BCUT2D eigenvalue weighted by atomic mass is 10.1. The minimum atomic E-state index is -0.608. The molecule has 0 aliphatic rings. The summed E-state index contributed by atoms with van der Waals surface area (Å²) in [5, 5.41) is 2.18. The molecule has 0 radical (unpaired) electrons. The third kappa shape index (κ3) is 2.82. The SMILES string of the molecule is COC(=O)[C@H](C)Oc1ccc2cc(Br)ccc2c1. The highest BCUT2D eigenvalue weighted by Crippen LogP contribution is 2.24. The van der Waals surface area contributed by atoms with Crippen LogP contribution in [0.3, 0.4) is 0 Å². The molecule has 0 fully saturated rings. The number of fused-ring (bicyclic) bond motifs is 1. The monoisotopic (exact) mass is 308 g/mol. The van der Waals surface area contributed by atoms with Gasteiger partial charge in [-0.25, -0.2) is 4.79 Å². The quantitative estimate of drug-likeness (QED) is 0.814. The predicted octanol–water partition coefficient (Wildman–Crippen LogP) is 3.54. The van der Waals surface area contributed by atoms with Crippen molar-refractivity contribution < 1.29 is 14.3 Å². The first-order valence-electron chi connectivity index (χ1n) is 5.54. The largest absolute Gasteiger partial charge is 0.479 e. The van der Waals surface area contributed by atoms with Gasteiger partial charge in [0, 0.05) is 4.47 Å².